The first kappa shape index (κ1) is 20.6. The molecule has 0 aliphatic carbocycles. The van der Waals surface area contributed by atoms with Crippen molar-refractivity contribution < 1.29 is 19.2 Å². The molecule has 0 aromatic rings. The first-order chi connectivity index (χ1) is 10.7. The van der Waals surface area contributed by atoms with Crippen LogP contribution in [0.4, 0.5) is 0 Å². The predicted molar refractivity (Wildman–Crippen MR) is 87.6 cm³/mol. The topological polar surface area (TPSA) is 95.1 Å². The lowest BCUT2D eigenvalue weighted by Gasteiger charge is -2.35. The van der Waals surface area contributed by atoms with Crippen molar-refractivity contribution in [3.8, 4) is 0 Å². The standard InChI is InChI=1S/C7H15Cl2N2O4P.C4H10N2/c8-2-4-11(5-3-9)16(13)10-7(15-12)1-6-14-16;1-2-6-4-3-5-1/h7,12H,1-6H2,(H,10,13);5-6H,1-4H2/t7-,16-;/m0./s1. The van der Waals surface area contributed by atoms with Gasteiger partial charge in [-0.05, 0) is 0 Å². The molecule has 8 nitrogen and oxygen atoms in total. The molecule has 2 saturated heterocycles. The second-order valence-corrected chi connectivity index (χ2v) is 7.58. The fourth-order valence-electron chi connectivity index (χ4n) is 1.98. The lowest BCUT2D eigenvalue weighted by atomic mass is 10.4. The Hall–Kier alpha value is 0.530. The van der Waals surface area contributed by atoms with Crippen molar-refractivity contribution in [2.45, 2.75) is 12.6 Å². The van der Waals surface area contributed by atoms with Crippen LogP contribution in [-0.2, 0) is 14.0 Å². The lowest BCUT2D eigenvalue weighted by Crippen LogP contribution is -2.42. The summed E-state index contributed by atoms with van der Waals surface area (Å²) in [4.78, 5) is 4.14. The van der Waals surface area contributed by atoms with Gasteiger partial charge < -0.3 is 15.2 Å². The maximum atomic E-state index is 12.4. The SMILES string of the molecule is C1CNCCN1.O=[P@@]1(N(CCCl)CCCl)N[C@@H](OO)CCO1. The number of hydrogen-bond acceptors (Lipinski definition) is 6. The van der Waals surface area contributed by atoms with Gasteiger partial charge in [-0.1, -0.05) is 0 Å². The Morgan fingerprint density at radius 1 is 1.18 bits per heavy atom. The van der Waals surface area contributed by atoms with Crippen molar-refractivity contribution in [1.82, 2.24) is 20.4 Å². The molecular formula is C11H25Cl2N4O4P. The van der Waals surface area contributed by atoms with Gasteiger partial charge in [0.2, 0.25) is 0 Å². The molecule has 2 fully saturated rings. The molecule has 0 unspecified atom stereocenters. The molecule has 2 rings (SSSR count). The van der Waals surface area contributed by atoms with E-state index in [9.17, 15) is 4.57 Å². The summed E-state index contributed by atoms with van der Waals surface area (Å²) in [5.41, 5.74) is 0. The minimum Gasteiger partial charge on any atom is -0.314 e. The zero-order valence-electron chi connectivity index (χ0n) is 12.5. The second kappa shape index (κ2) is 12.0. The summed E-state index contributed by atoms with van der Waals surface area (Å²) in [5.74, 6) is 0.632. The number of nitrogens with zero attached hydrogens (tertiary/aromatic N) is 1. The Morgan fingerprint density at radius 3 is 2.14 bits per heavy atom. The van der Waals surface area contributed by atoms with Crippen LogP contribution in [0, 0.1) is 0 Å². The van der Waals surface area contributed by atoms with Crippen molar-refractivity contribution in [3.05, 3.63) is 0 Å². The molecular weight excluding hydrogens is 354 g/mol. The van der Waals surface area contributed by atoms with Crippen molar-refractivity contribution >= 4 is 30.9 Å². The Balaban J connectivity index is 0.000000335. The number of halogens is 2. The summed E-state index contributed by atoms with van der Waals surface area (Å²) in [6, 6.07) is 0. The van der Waals surface area contributed by atoms with Crippen LogP contribution < -0.4 is 15.7 Å². The lowest BCUT2D eigenvalue weighted by molar-refractivity contribution is -0.286. The average molecular weight is 379 g/mol. The average Bonchev–Trinajstić information content (AvgIpc) is 2.57. The van der Waals surface area contributed by atoms with E-state index in [1.807, 2.05) is 0 Å². The van der Waals surface area contributed by atoms with Crippen LogP contribution in [0.5, 0.6) is 0 Å². The van der Waals surface area contributed by atoms with Crippen LogP contribution in [0.1, 0.15) is 6.42 Å². The molecule has 4 N–H and O–H groups in total. The quantitative estimate of drug-likeness (QED) is 0.234. The van der Waals surface area contributed by atoms with Crippen LogP contribution in [0.3, 0.4) is 0 Å². The zero-order valence-corrected chi connectivity index (χ0v) is 14.9. The number of piperazine rings is 1. The fraction of sp³-hybridized carbons (Fsp3) is 1.00. The third-order valence-corrected chi connectivity index (χ3v) is 5.73. The molecule has 22 heavy (non-hydrogen) atoms. The maximum Gasteiger partial charge on any atom is 0.345 e. The Bertz CT molecular complexity index is 322. The molecule has 0 bridgehead atoms. The minimum absolute atomic E-state index is 0.247. The number of nitrogens with one attached hydrogen (secondary N) is 3. The predicted octanol–water partition coefficient (Wildman–Crippen LogP) is 0.879. The van der Waals surface area contributed by atoms with Gasteiger partial charge in [0.25, 0.3) is 0 Å². The summed E-state index contributed by atoms with van der Waals surface area (Å²) in [7, 11) is -3.20. The molecule has 0 saturated carbocycles. The van der Waals surface area contributed by atoms with Crippen LogP contribution in [0.2, 0.25) is 0 Å². The minimum atomic E-state index is -3.20. The Kier molecular flexibility index (Phi) is 11.2. The van der Waals surface area contributed by atoms with E-state index in [1.165, 1.54) is 4.67 Å². The molecule has 0 aromatic heterocycles. The summed E-state index contributed by atoms with van der Waals surface area (Å²) in [5, 5.41) is 17.6. The monoisotopic (exact) mass is 378 g/mol. The highest BCUT2D eigenvalue weighted by Gasteiger charge is 2.37. The molecule has 2 aliphatic rings. The van der Waals surface area contributed by atoms with Gasteiger partial charge in [-0.2, -0.15) is 0 Å². The number of rotatable bonds is 6. The summed E-state index contributed by atoms with van der Waals surface area (Å²) >= 11 is 11.2. The van der Waals surface area contributed by atoms with Gasteiger partial charge in [0, 0.05) is 57.4 Å². The van der Waals surface area contributed by atoms with Gasteiger partial charge in [-0.15, -0.1) is 23.2 Å². The van der Waals surface area contributed by atoms with Crippen molar-refractivity contribution in [1.29, 1.82) is 0 Å². The number of hydrogen-bond donors (Lipinski definition) is 4. The molecule has 11 heteroatoms. The second-order valence-electron chi connectivity index (χ2n) is 4.70. The largest absolute Gasteiger partial charge is 0.345 e. The van der Waals surface area contributed by atoms with Crippen LogP contribution in [-0.4, -0.2) is 73.8 Å². The highest BCUT2D eigenvalue weighted by molar-refractivity contribution is 7.54. The third-order valence-electron chi connectivity index (χ3n) is 3.10. The smallest absolute Gasteiger partial charge is 0.314 e. The van der Waals surface area contributed by atoms with Gasteiger partial charge in [-0.25, -0.2) is 14.6 Å². The van der Waals surface area contributed by atoms with Gasteiger partial charge in [0.05, 0.1) is 6.61 Å². The first-order valence-electron chi connectivity index (χ1n) is 7.27. The summed E-state index contributed by atoms with van der Waals surface area (Å²) in [6.45, 7) is 5.57. The molecule has 0 spiro atoms. The molecule has 2 atom stereocenters. The fourth-order valence-corrected chi connectivity index (χ4v) is 4.65. The van der Waals surface area contributed by atoms with Gasteiger partial charge in [0.15, 0.2) is 6.23 Å². The van der Waals surface area contributed by atoms with Crippen LogP contribution in [0.15, 0.2) is 0 Å². The van der Waals surface area contributed by atoms with Crippen molar-refractivity contribution in [2.24, 2.45) is 0 Å². The summed E-state index contributed by atoms with van der Waals surface area (Å²) < 4.78 is 19.1. The molecule has 132 valence electrons. The molecule has 2 heterocycles. The van der Waals surface area contributed by atoms with Crippen molar-refractivity contribution in [3.63, 3.8) is 0 Å². The van der Waals surface area contributed by atoms with E-state index < -0.39 is 13.9 Å². The third kappa shape index (κ3) is 7.40. The molecule has 0 amide bonds. The zero-order chi connectivity index (χ0) is 16.3. The summed E-state index contributed by atoms with van der Waals surface area (Å²) in [6.07, 6.45) is -0.261. The highest BCUT2D eigenvalue weighted by atomic mass is 35.5. The van der Waals surface area contributed by atoms with E-state index in [4.69, 9.17) is 33.0 Å². The van der Waals surface area contributed by atoms with Crippen LogP contribution in [0.25, 0.3) is 0 Å². The Labute approximate surface area is 141 Å². The van der Waals surface area contributed by atoms with E-state index in [0.29, 0.717) is 31.3 Å². The van der Waals surface area contributed by atoms with Gasteiger partial charge >= 0.3 is 7.67 Å². The molecule has 2 aliphatic heterocycles. The van der Waals surface area contributed by atoms with E-state index >= 15 is 0 Å². The Morgan fingerprint density at radius 2 is 1.73 bits per heavy atom. The van der Waals surface area contributed by atoms with E-state index in [-0.39, 0.29) is 6.61 Å². The number of alkyl halides is 2. The highest BCUT2D eigenvalue weighted by Crippen LogP contribution is 2.49. The van der Waals surface area contributed by atoms with E-state index in [0.717, 1.165) is 26.2 Å². The molecule has 0 radical (unpaired) electrons. The first-order valence-corrected chi connectivity index (χ1v) is 9.92. The van der Waals surface area contributed by atoms with Crippen LogP contribution >= 0.6 is 30.9 Å². The van der Waals surface area contributed by atoms with Gasteiger partial charge in [0.1, 0.15) is 0 Å². The van der Waals surface area contributed by atoms with Gasteiger partial charge in [-0.3, -0.25) is 9.82 Å². The normalized spacial score (nSPS) is 29.0. The molecule has 0 aromatic carbocycles. The van der Waals surface area contributed by atoms with E-state index in [2.05, 4.69) is 20.6 Å². The maximum absolute atomic E-state index is 12.4. The van der Waals surface area contributed by atoms with E-state index in [1.54, 1.807) is 0 Å². The van der Waals surface area contributed by atoms with Crippen molar-refractivity contribution in [2.75, 3.05) is 57.6 Å².